The van der Waals surface area contributed by atoms with Crippen molar-refractivity contribution in [2.75, 3.05) is 26.3 Å². The maximum atomic E-state index is 5.40. The van der Waals surface area contributed by atoms with E-state index in [0.29, 0.717) is 0 Å². The first-order valence-corrected chi connectivity index (χ1v) is 6.78. The molecule has 2 aromatic carbocycles. The van der Waals surface area contributed by atoms with Gasteiger partial charge in [0.25, 0.3) is 0 Å². The van der Waals surface area contributed by atoms with Gasteiger partial charge in [-0.05, 0) is 22.8 Å². The summed E-state index contributed by atoms with van der Waals surface area (Å²) in [6, 6.07) is 20.2. The summed E-state index contributed by atoms with van der Waals surface area (Å²) in [7, 11) is 0. The molecule has 0 aliphatic carbocycles. The summed E-state index contributed by atoms with van der Waals surface area (Å²) in [5, 5.41) is 0. The van der Waals surface area contributed by atoms with Gasteiger partial charge in [-0.2, -0.15) is 0 Å². The number of hydrogen-bond donors (Lipinski definition) is 0. The van der Waals surface area contributed by atoms with E-state index in [0.717, 1.165) is 32.8 Å². The lowest BCUT2D eigenvalue weighted by Gasteiger charge is -2.27. The second-order valence-electron chi connectivity index (χ2n) is 4.82. The van der Waals surface area contributed by atoms with Crippen LogP contribution in [0.5, 0.6) is 0 Å². The topological polar surface area (TPSA) is 12.5 Å². The molecule has 0 bridgehead atoms. The zero-order chi connectivity index (χ0) is 12.9. The zero-order valence-corrected chi connectivity index (χ0v) is 11.0. The Balaban J connectivity index is 1.85. The molecule has 1 aliphatic heterocycles. The van der Waals surface area contributed by atoms with E-state index >= 15 is 0 Å². The van der Waals surface area contributed by atoms with Gasteiger partial charge in [0.05, 0.1) is 13.2 Å². The molecule has 2 nitrogen and oxygen atoms in total. The first-order valence-electron chi connectivity index (χ1n) is 6.78. The minimum Gasteiger partial charge on any atom is -0.379 e. The van der Waals surface area contributed by atoms with E-state index in [1.54, 1.807) is 0 Å². The van der Waals surface area contributed by atoms with Crippen LogP contribution in [-0.2, 0) is 11.3 Å². The third kappa shape index (κ3) is 3.03. The molecule has 2 heteroatoms. The monoisotopic (exact) mass is 252 g/mol. The Hall–Kier alpha value is -1.64. The minimum atomic E-state index is 0.841. The van der Waals surface area contributed by atoms with Crippen molar-refractivity contribution in [3.63, 3.8) is 0 Å². The molecule has 0 saturated carbocycles. The van der Waals surface area contributed by atoms with Crippen LogP contribution >= 0.6 is 0 Å². The van der Waals surface area contributed by atoms with Gasteiger partial charge < -0.3 is 4.74 Å². The predicted molar refractivity (Wildman–Crippen MR) is 76.8 cm³/mol. The van der Waals surface area contributed by atoms with Crippen LogP contribution in [-0.4, -0.2) is 31.2 Å². The summed E-state index contributed by atoms with van der Waals surface area (Å²) in [6.07, 6.45) is 0. The van der Waals surface area contributed by atoms with E-state index in [-0.39, 0.29) is 0 Å². The van der Waals surface area contributed by atoms with Crippen LogP contribution in [0.1, 0.15) is 5.56 Å². The highest BCUT2D eigenvalue weighted by molar-refractivity contribution is 5.66. The second-order valence-corrected chi connectivity index (χ2v) is 4.82. The van der Waals surface area contributed by atoms with Gasteiger partial charge in [-0.25, -0.2) is 0 Å². The molecule has 3 rings (SSSR count). The number of benzene rings is 2. The fourth-order valence-electron chi connectivity index (χ4n) is 2.47. The molecule has 0 unspecified atom stereocenters. The van der Waals surface area contributed by atoms with E-state index in [1.807, 2.05) is 6.07 Å². The van der Waals surface area contributed by atoms with Gasteiger partial charge >= 0.3 is 0 Å². The molecule has 0 spiro atoms. The molecule has 1 aliphatic rings. The van der Waals surface area contributed by atoms with Crippen molar-refractivity contribution in [1.82, 2.24) is 4.90 Å². The largest absolute Gasteiger partial charge is 0.379 e. The predicted octanol–water partition coefficient (Wildman–Crippen LogP) is 2.99. The lowest BCUT2D eigenvalue weighted by atomic mass is 9.99. The number of ether oxygens (including phenoxy) is 1. The van der Waals surface area contributed by atoms with E-state index in [2.05, 4.69) is 53.4 Å². The maximum Gasteiger partial charge on any atom is 0.0594 e. The number of hydrogen-bond acceptors (Lipinski definition) is 2. The van der Waals surface area contributed by atoms with Crippen molar-refractivity contribution < 1.29 is 4.74 Å². The molecule has 1 fully saturated rings. The normalized spacial score (nSPS) is 16.4. The highest BCUT2D eigenvalue weighted by Crippen LogP contribution is 2.24. The molecule has 1 radical (unpaired) electrons. The summed E-state index contributed by atoms with van der Waals surface area (Å²) < 4.78 is 5.40. The van der Waals surface area contributed by atoms with E-state index in [9.17, 15) is 0 Å². The van der Waals surface area contributed by atoms with Crippen LogP contribution in [0.4, 0.5) is 0 Å². The Morgan fingerprint density at radius 2 is 1.79 bits per heavy atom. The average Bonchev–Trinajstić information content (AvgIpc) is 2.50. The van der Waals surface area contributed by atoms with Crippen LogP contribution in [0.2, 0.25) is 0 Å². The van der Waals surface area contributed by atoms with Crippen molar-refractivity contribution >= 4 is 0 Å². The van der Waals surface area contributed by atoms with Crippen molar-refractivity contribution in [3.8, 4) is 11.1 Å². The lowest BCUT2D eigenvalue weighted by molar-refractivity contribution is 0.0342. The smallest absolute Gasteiger partial charge is 0.0594 e. The van der Waals surface area contributed by atoms with Crippen LogP contribution in [0, 0.1) is 6.07 Å². The Morgan fingerprint density at radius 1 is 1.00 bits per heavy atom. The van der Waals surface area contributed by atoms with Crippen LogP contribution in [0.3, 0.4) is 0 Å². The highest BCUT2D eigenvalue weighted by atomic mass is 16.5. The molecule has 0 atom stereocenters. The third-order valence-electron chi connectivity index (χ3n) is 3.51. The molecule has 1 heterocycles. The van der Waals surface area contributed by atoms with Gasteiger partial charge in [0.1, 0.15) is 0 Å². The van der Waals surface area contributed by atoms with E-state index in [1.165, 1.54) is 16.7 Å². The van der Waals surface area contributed by atoms with Crippen molar-refractivity contribution in [2.45, 2.75) is 6.54 Å². The van der Waals surface area contributed by atoms with Crippen LogP contribution < -0.4 is 0 Å². The van der Waals surface area contributed by atoms with Gasteiger partial charge in [-0.1, -0.05) is 48.5 Å². The standard InChI is InChI=1S/C17H18NO/c1-2-6-15(7-3-1)17-9-5-4-8-16(17)14-18-10-12-19-13-11-18/h1-7,9H,10-14H2. The zero-order valence-electron chi connectivity index (χ0n) is 11.0. The quantitative estimate of drug-likeness (QED) is 0.832. The molecule has 2 aromatic rings. The first-order chi connectivity index (χ1) is 9.43. The van der Waals surface area contributed by atoms with Crippen LogP contribution in [0.15, 0.2) is 48.5 Å². The molecule has 0 amide bonds. The van der Waals surface area contributed by atoms with Crippen molar-refractivity contribution in [2.24, 2.45) is 0 Å². The molecule has 97 valence electrons. The Morgan fingerprint density at radius 3 is 2.58 bits per heavy atom. The lowest BCUT2D eigenvalue weighted by Crippen LogP contribution is -2.35. The van der Waals surface area contributed by atoms with Gasteiger partial charge in [0.15, 0.2) is 0 Å². The summed E-state index contributed by atoms with van der Waals surface area (Å²) in [6.45, 7) is 4.66. The molecule has 0 aromatic heterocycles. The molecular weight excluding hydrogens is 234 g/mol. The van der Waals surface area contributed by atoms with Crippen molar-refractivity contribution in [3.05, 3.63) is 60.2 Å². The Kier molecular flexibility index (Phi) is 3.92. The first kappa shape index (κ1) is 12.4. The van der Waals surface area contributed by atoms with E-state index in [4.69, 9.17) is 4.74 Å². The fraction of sp³-hybridized carbons (Fsp3) is 0.294. The molecule has 1 saturated heterocycles. The Labute approximate surface area is 114 Å². The summed E-state index contributed by atoms with van der Waals surface area (Å²) in [5.74, 6) is 0. The van der Waals surface area contributed by atoms with E-state index < -0.39 is 0 Å². The minimum absolute atomic E-state index is 0.841. The maximum absolute atomic E-state index is 5.40. The third-order valence-corrected chi connectivity index (χ3v) is 3.51. The average molecular weight is 252 g/mol. The number of nitrogens with zero attached hydrogens (tertiary/aromatic N) is 1. The van der Waals surface area contributed by atoms with Gasteiger partial charge in [0.2, 0.25) is 0 Å². The van der Waals surface area contributed by atoms with Crippen LogP contribution in [0.25, 0.3) is 11.1 Å². The van der Waals surface area contributed by atoms with Gasteiger partial charge in [0, 0.05) is 19.6 Å². The summed E-state index contributed by atoms with van der Waals surface area (Å²) in [4.78, 5) is 2.43. The SMILES string of the molecule is [c]1cccc(-c2ccccc2)c1CN1CCOCC1. The number of rotatable bonds is 3. The number of morpholine rings is 1. The van der Waals surface area contributed by atoms with Gasteiger partial charge in [-0.3, -0.25) is 4.90 Å². The summed E-state index contributed by atoms with van der Waals surface area (Å²) in [5.41, 5.74) is 3.83. The fourth-order valence-corrected chi connectivity index (χ4v) is 2.47. The summed E-state index contributed by atoms with van der Waals surface area (Å²) >= 11 is 0. The van der Waals surface area contributed by atoms with Crippen molar-refractivity contribution in [1.29, 1.82) is 0 Å². The second kappa shape index (κ2) is 6.00. The Bertz CT molecular complexity index is 518. The van der Waals surface area contributed by atoms with Gasteiger partial charge in [-0.15, -0.1) is 0 Å². The highest BCUT2D eigenvalue weighted by Gasteiger charge is 2.13. The molecule has 0 N–H and O–H groups in total. The molecular formula is C17H18NO. The molecule has 19 heavy (non-hydrogen) atoms.